The van der Waals surface area contributed by atoms with Crippen molar-refractivity contribution >= 4 is 17.3 Å². The van der Waals surface area contributed by atoms with Crippen molar-refractivity contribution in [3.63, 3.8) is 0 Å². The van der Waals surface area contributed by atoms with E-state index in [1.807, 2.05) is 0 Å². The largest absolute Gasteiger partial charge is 0.393 e. The van der Waals surface area contributed by atoms with Crippen LogP contribution < -0.4 is 16.4 Å². The van der Waals surface area contributed by atoms with Gasteiger partial charge in [0.15, 0.2) is 11.6 Å². The van der Waals surface area contributed by atoms with Crippen molar-refractivity contribution in [2.24, 2.45) is 5.92 Å². The quantitative estimate of drug-likeness (QED) is 0.684. The second kappa shape index (κ2) is 8.78. The van der Waals surface area contributed by atoms with Crippen molar-refractivity contribution in [2.75, 3.05) is 49.1 Å². The average molecular weight is 306 g/mol. The molecule has 22 heavy (non-hydrogen) atoms. The Morgan fingerprint density at radius 3 is 2.36 bits per heavy atom. The van der Waals surface area contributed by atoms with Crippen LogP contribution in [0.1, 0.15) is 39.5 Å². The molecular weight excluding hydrogens is 276 g/mol. The standard InChI is InChI=1S/C16H30N6/c1-13(2)6-7-18-15-14(17)16(21-12-20-15)19-8-11-22-9-4-3-5-10-22/h12-13H,3-11,17H2,1-2H3,(H2,18,19,20,21). The number of nitrogens with one attached hydrogen (secondary N) is 2. The highest BCUT2D eigenvalue weighted by Crippen LogP contribution is 2.22. The molecule has 0 spiro atoms. The van der Waals surface area contributed by atoms with Crippen molar-refractivity contribution in [3.8, 4) is 0 Å². The summed E-state index contributed by atoms with van der Waals surface area (Å²) in [5, 5.41) is 6.64. The molecule has 0 unspecified atom stereocenters. The minimum absolute atomic E-state index is 0.616. The van der Waals surface area contributed by atoms with Gasteiger partial charge in [0.05, 0.1) is 0 Å². The summed E-state index contributed by atoms with van der Waals surface area (Å²) < 4.78 is 0. The molecule has 1 aromatic heterocycles. The Morgan fingerprint density at radius 2 is 1.73 bits per heavy atom. The average Bonchev–Trinajstić information content (AvgIpc) is 2.51. The van der Waals surface area contributed by atoms with Gasteiger partial charge in [0.1, 0.15) is 12.0 Å². The summed E-state index contributed by atoms with van der Waals surface area (Å²) in [6, 6.07) is 0. The lowest BCUT2D eigenvalue weighted by molar-refractivity contribution is 0.237. The number of nitrogen functional groups attached to an aromatic ring is 1. The van der Waals surface area contributed by atoms with Crippen LogP contribution in [0, 0.1) is 5.92 Å². The number of hydrogen-bond acceptors (Lipinski definition) is 6. The lowest BCUT2D eigenvalue weighted by Gasteiger charge is -2.26. The van der Waals surface area contributed by atoms with Gasteiger partial charge in [-0.05, 0) is 38.3 Å². The maximum Gasteiger partial charge on any atom is 0.154 e. The Hall–Kier alpha value is -1.56. The lowest BCUT2D eigenvalue weighted by Crippen LogP contribution is -2.33. The summed E-state index contributed by atoms with van der Waals surface area (Å²) in [6.45, 7) is 9.63. The van der Waals surface area contributed by atoms with Crippen molar-refractivity contribution in [1.29, 1.82) is 0 Å². The fraction of sp³-hybridized carbons (Fsp3) is 0.750. The first-order valence-corrected chi connectivity index (χ1v) is 8.47. The first-order valence-electron chi connectivity index (χ1n) is 8.47. The first kappa shape index (κ1) is 16.8. The highest BCUT2D eigenvalue weighted by atomic mass is 15.2. The molecule has 1 saturated heterocycles. The zero-order valence-electron chi connectivity index (χ0n) is 13.9. The van der Waals surface area contributed by atoms with E-state index in [0.29, 0.717) is 11.6 Å². The molecule has 1 aliphatic rings. The topological polar surface area (TPSA) is 79.1 Å². The van der Waals surface area contributed by atoms with E-state index < -0.39 is 0 Å². The highest BCUT2D eigenvalue weighted by Gasteiger charge is 2.11. The molecule has 2 rings (SSSR count). The first-order chi connectivity index (χ1) is 10.7. The maximum atomic E-state index is 6.16. The molecule has 0 atom stereocenters. The van der Waals surface area contributed by atoms with Gasteiger partial charge in [-0.2, -0.15) is 0 Å². The van der Waals surface area contributed by atoms with Gasteiger partial charge >= 0.3 is 0 Å². The van der Waals surface area contributed by atoms with E-state index >= 15 is 0 Å². The number of nitrogens with two attached hydrogens (primary N) is 1. The summed E-state index contributed by atoms with van der Waals surface area (Å²) in [6.07, 6.45) is 6.67. The van der Waals surface area contributed by atoms with Gasteiger partial charge in [0.2, 0.25) is 0 Å². The van der Waals surface area contributed by atoms with Crippen molar-refractivity contribution < 1.29 is 0 Å². The normalized spacial score (nSPS) is 16.0. The van der Waals surface area contributed by atoms with Gasteiger partial charge in [-0.25, -0.2) is 9.97 Å². The SMILES string of the molecule is CC(C)CCNc1ncnc(NCCN2CCCCC2)c1N. The van der Waals surface area contributed by atoms with Crippen LogP contribution in [0.5, 0.6) is 0 Å². The van der Waals surface area contributed by atoms with E-state index in [-0.39, 0.29) is 0 Å². The van der Waals surface area contributed by atoms with Crippen LogP contribution in [0.2, 0.25) is 0 Å². The van der Waals surface area contributed by atoms with Crippen LogP contribution >= 0.6 is 0 Å². The molecule has 0 aliphatic carbocycles. The minimum atomic E-state index is 0.616. The summed E-state index contributed by atoms with van der Waals surface area (Å²) in [7, 11) is 0. The van der Waals surface area contributed by atoms with Gasteiger partial charge in [-0.15, -0.1) is 0 Å². The second-order valence-electron chi connectivity index (χ2n) is 6.42. The van der Waals surface area contributed by atoms with E-state index in [0.717, 1.165) is 37.7 Å². The third-order valence-corrected chi connectivity index (χ3v) is 4.07. The molecule has 0 aromatic carbocycles. The van der Waals surface area contributed by atoms with Crippen LogP contribution in [0.25, 0.3) is 0 Å². The van der Waals surface area contributed by atoms with Crippen LogP contribution in [-0.2, 0) is 0 Å². The summed E-state index contributed by atoms with van der Waals surface area (Å²) in [5.41, 5.74) is 6.77. The monoisotopic (exact) mass is 306 g/mol. The molecule has 0 bridgehead atoms. The fourth-order valence-electron chi connectivity index (χ4n) is 2.67. The zero-order chi connectivity index (χ0) is 15.8. The Kier molecular flexibility index (Phi) is 6.71. The molecule has 0 saturated carbocycles. The van der Waals surface area contributed by atoms with Gasteiger partial charge in [0, 0.05) is 19.6 Å². The molecule has 0 amide bonds. The molecule has 124 valence electrons. The lowest BCUT2D eigenvalue weighted by atomic mass is 10.1. The number of anilines is 3. The Bertz CT molecular complexity index is 442. The number of likely N-dealkylation sites (tertiary alicyclic amines) is 1. The molecule has 6 nitrogen and oxygen atoms in total. The number of aromatic nitrogens is 2. The van der Waals surface area contributed by atoms with E-state index in [1.165, 1.54) is 32.4 Å². The second-order valence-corrected chi connectivity index (χ2v) is 6.42. The molecule has 6 heteroatoms. The molecule has 0 radical (unpaired) electrons. The smallest absolute Gasteiger partial charge is 0.154 e. The summed E-state index contributed by atoms with van der Waals surface area (Å²) in [4.78, 5) is 11.0. The Labute approximate surface area is 133 Å². The molecule has 4 N–H and O–H groups in total. The predicted octanol–water partition coefficient (Wildman–Crippen LogP) is 2.41. The van der Waals surface area contributed by atoms with Crippen LogP contribution in [0.4, 0.5) is 17.3 Å². The molecule has 1 aliphatic heterocycles. The molecule has 2 heterocycles. The third-order valence-electron chi connectivity index (χ3n) is 4.07. The van der Waals surface area contributed by atoms with Gasteiger partial charge in [-0.1, -0.05) is 20.3 Å². The van der Waals surface area contributed by atoms with Gasteiger partial charge < -0.3 is 21.3 Å². The van der Waals surface area contributed by atoms with Gasteiger partial charge in [-0.3, -0.25) is 0 Å². The zero-order valence-corrected chi connectivity index (χ0v) is 13.9. The number of rotatable bonds is 8. The van der Waals surface area contributed by atoms with Crippen LogP contribution in [0.15, 0.2) is 6.33 Å². The van der Waals surface area contributed by atoms with Crippen molar-refractivity contribution in [2.45, 2.75) is 39.5 Å². The molecule has 1 aromatic rings. The predicted molar refractivity (Wildman–Crippen MR) is 93.2 cm³/mol. The number of nitrogens with zero attached hydrogens (tertiary/aromatic N) is 3. The summed E-state index contributed by atoms with van der Waals surface area (Å²) in [5.74, 6) is 2.13. The van der Waals surface area contributed by atoms with E-state index in [4.69, 9.17) is 5.73 Å². The number of piperidine rings is 1. The van der Waals surface area contributed by atoms with Crippen molar-refractivity contribution in [3.05, 3.63) is 6.33 Å². The third kappa shape index (κ3) is 5.33. The van der Waals surface area contributed by atoms with Crippen molar-refractivity contribution in [1.82, 2.24) is 14.9 Å². The molecule has 1 fully saturated rings. The Morgan fingerprint density at radius 1 is 1.09 bits per heavy atom. The number of hydrogen-bond donors (Lipinski definition) is 3. The van der Waals surface area contributed by atoms with E-state index in [2.05, 4.69) is 39.3 Å². The Balaban J connectivity index is 1.80. The highest BCUT2D eigenvalue weighted by molar-refractivity contribution is 5.73. The maximum absolute atomic E-state index is 6.16. The van der Waals surface area contributed by atoms with Gasteiger partial charge in [0.25, 0.3) is 0 Å². The van der Waals surface area contributed by atoms with E-state index in [1.54, 1.807) is 6.33 Å². The fourth-order valence-corrected chi connectivity index (χ4v) is 2.67. The minimum Gasteiger partial charge on any atom is -0.393 e. The van der Waals surface area contributed by atoms with E-state index in [9.17, 15) is 0 Å². The van der Waals surface area contributed by atoms with Crippen LogP contribution in [0.3, 0.4) is 0 Å². The van der Waals surface area contributed by atoms with Crippen LogP contribution in [-0.4, -0.2) is 47.6 Å². The molecular formula is C16H30N6. The summed E-state index contributed by atoms with van der Waals surface area (Å²) >= 11 is 0.